The van der Waals surface area contributed by atoms with E-state index in [0.29, 0.717) is 6.42 Å². The first-order valence-corrected chi connectivity index (χ1v) is 4.19. The van der Waals surface area contributed by atoms with Gasteiger partial charge in [0.25, 0.3) is 0 Å². The number of esters is 1. The van der Waals surface area contributed by atoms with E-state index < -0.39 is 0 Å². The molecule has 1 saturated heterocycles. The third-order valence-corrected chi connectivity index (χ3v) is 1.72. The summed E-state index contributed by atoms with van der Waals surface area (Å²) < 4.78 is 4.98. The quantitative estimate of drug-likeness (QED) is 0.459. The first-order chi connectivity index (χ1) is 5.33. The van der Waals surface area contributed by atoms with Crippen LogP contribution < -0.4 is 0 Å². The largest absolute Gasteiger partial charge is 0.458 e. The summed E-state index contributed by atoms with van der Waals surface area (Å²) in [6.07, 6.45) is 7.82. The Bertz CT molecular complexity index is 161. The van der Waals surface area contributed by atoms with Gasteiger partial charge in [0.2, 0.25) is 0 Å². The predicted molar refractivity (Wildman–Crippen MR) is 43.2 cm³/mol. The van der Waals surface area contributed by atoms with Gasteiger partial charge in [0.05, 0.1) is 0 Å². The first kappa shape index (κ1) is 8.31. The van der Waals surface area contributed by atoms with Crippen molar-refractivity contribution in [1.29, 1.82) is 0 Å². The molecule has 1 aliphatic rings. The molecule has 0 aromatic heterocycles. The molecule has 2 heteroatoms. The molecule has 1 aliphatic heterocycles. The van der Waals surface area contributed by atoms with E-state index >= 15 is 0 Å². The van der Waals surface area contributed by atoms with Crippen LogP contribution in [-0.2, 0) is 9.53 Å². The lowest BCUT2D eigenvalue weighted by atomic mass is 10.2. The maximum absolute atomic E-state index is 10.6. The third kappa shape index (κ3) is 2.74. The Labute approximate surface area is 67.2 Å². The highest BCUT2D eigenvalue weighted by atomic mass is 16.5. The summed E-state index contributed by atoms with van der Waals surface area (Å²) in [5.74, 6) is -0.0591. The van der Waals surface area contributed by atoms with E-state index in [1.165, 1.54) is 0 Å². The Balaban J connectivity index is 2.22. The fourth-order valence-electron chi connectivity index (χ4n) is 1.10. The lowest BCUT2D eigenvalue weighted by molar-refractivity contribution is -0.139. The molecule has 0 amide bonds. The van der Waals surface area contributed by atoms with Crippen LogP contribution in [0.3, 0.4) is 0 Å². The number of rotatable bonds is 3. The second-order valence-corrected chi connectivity index (χ2v) is 2.78. The second kappa shape index (κ2) is 4.16. The minimum atomic E-state index is -0.0591. The summed E-state index contributed by atoms with van der Waals surface area (Å²) in [5, 5.41) is 0. The first-order valence-electron chi connectivity index (χ1n) is 4.19. The summed E-state index contributed by atoms with van der Waals surface area (Å²) in [6.45, 7) is 2.13. The molecule has 0 aromatic rings. The van der Waals surface area contributed by atoms with Crippen molar-refractivity contribution in [2.45, 2.75) is 38.7 Å². The van der Waals surface area contributed by atoms with E-state index in [-0.39, 0.29) is 12.1 Å². The minimum Gasteiger partial charge on any atom is -0.458 e. The van der Waals surface area contributed by atoms with Gasteiger partial charge in [-0.15, -0.1) is 0 Å². The third-order valence-electron chi connectivity index (χ3n) is 1.72. The highest BCUT2D eigenvalue weighted by Gasteiger charge is 2.19. The molecule has 1 heterocycles. The molecule has 1 fully saturated rings. The van der Waals surface area contributed by atoms with E-state index in [2.05, 4.69) is 13.0 Å². The van der Waals surface area contributed by atoms with Gasteiger partial charge in [0, 0.05) is 6.42 Å². The number of unbranched alkanes of at least 4 members (excludes halogenated alkanes) is 1. The molecule has 0 aliphatic carbocycles. The van der Waals surface area contributed by atoms with Crippen molar-refractivity contribution < 1.29 is 9.53 Å². The SMILES string of the molecule is CCCC=CC1CCC(=O)O1. The lowest BCUT2D eigenvalue weighted by Crippen LogP contribution is -2.01. The van der Waals surface area contributed by atoms with Crippen LogP contribution in [-0.4, -0.2) is 12.1 Å². The molecular formula is C9H14O2. The average molecular weight is 154 g/mol. The molecule has 1 atom stereocenters. The fourth-order valence-corrected chi connectivity index (χ4v) is 1.10. The zero-order valence-electron chi connectivity index (χ0n) is 6.88. The molecular weight excluding hydrogens is 140 g/mol. The molecule has 62 valence electrons. The zero-order valence-corrected chi connectivity index (χ0v) is 6.88. The van der Waals surface area contributed by atoms with E-state index in [1.54, 1.807) is 0 Å². The molecule has 2 nitrogen and oxygen atoms in total. The number of carbonyl (C=O) groups excluding carboxylic acids is 1. The molecule has 0 spiro atoms. The van der Waals surface area contributed by atoms with Crippen LogP contribution in [0.1, 0.15) is 32.6 Å². The van der Waals surface area contributed by atoms with E-state index in [4.69, 9.17) is 4.74 Å². The number of hydrogen-bond acceptors (Lipinski definition) is 2. The van der Waals surface area contributed by atoms with Crippen molar-refractivity contribution >= 4 is 5.97 Å². The second-order valence-electron chi connectivity index (χ2n) is 2.78. The van der Waals surface area contributed by atoms with Crippen molar-refractivity contribution in [2.75, 3.05) is 0 Å². The number of hydrogen-bond donors (Lipinski definition) is 0. The van der Waals surface area contributed by atoms with E-state index in [1.807, 2.05) is 6.08 Å². The standard InChI is InChI=1S/C9H14O2/c1-2-3-4-5-8-6-7-9(10)11-8/h4-5,8H,2-3,6-7H2,1H3. The monoisotopic (exact) mass is 154 g/mol. The topological polar surface area (TPSA) is 26.3 Å². The average Bonchev–Trinajstić information content (AvgIpc) is 2.37. The van der Waals surface area contributed by atoms with Gasteiger partial charge in [-0.3, -0.25) is 4.79 Å². The van der Waals surface area contributed by atoms with Gasteiger partial charge in [-0.1, -0.05) is 19.4 Å². The normalized spacial score (nSPS) is 24.5. The Morgan fingerprint density at radius 3 is 3.09 bits per heavy atom. The Kier molecular flexibility index (Phi) is 3.14. The molecule has 0 radical (unpaired) electrons. The van der Waals surface area contributed by atoms with Gasteiger partial charge < -0.3 is 4.74 Å². The molecule has 0 bridgehead atoms. The van der Waals surface area contributed by atoms with Gasteiger partial charge in [-0.2, -0.15) is 0 Å². The van der Waals surface area contributed by atoms with Crippen molar-refractivity contribution in [1.82, 2.24) is 0 Å². The Morgan fingerprint density at radius 1 is 1.73 bits per heavy atom. The number of ether oxygens (including phenoxy) is 1. The Morgan fingerprint density at radius 2 is 2.55 bits per heavy atom. The lowest BCUT2D eigenvalue weighted by Gasteiger charge is -2.00. The molecule has 11 heavy (non-hydrogen) atoms. The summed E-state index contributed by atoms with van der Waals surface area (Å²) in [5.41, 5.74) is 0. The number of allylic oxidation sites excluding steroid dienone is 1. The number of cyclic esters (lactones) is 1. The van der Waals surface area contributed by atoms with Crippen molar-refractivity contribution in [3.05, 3.63) is 12.2 Å². The summed E-state index contributed by atoms with van der Waals surface area (Å²) >= 11 is 0. The molecule has 0 N–H and O–H groups in total. The van der Waals surface area contributed by atoms with Gasteiger partial charge in [-0.25, -0.2) is 0 Å². The minimum absolute atomic E-state index is 0.0591. The summed E-state index contributed by atoms with van der Waals surface area (Å²) in [7, 11) is 0. The van der Waals surface area contributed by atoms with Gasteiger partial charge in [0.15, 0.2) is 0 Å². The van der Waals surface area contributed by atoms with Crippen molar-refractivity contribution in [3.63, 3.8) is 0 Å². The highest BCUT2D eigenvalue weighted by Crippen LogP contribution is 2.14. The summed E-state index contributed by atoms with van der Waals surface area (Å²) in [6, 6.07) is 0. The maximum atomic E-state index is 10.6. The Hall–Kier alpha value is -0.790. The van der Waals surface area contributed by atoms with Crippen molar-refractivity contribution in [2.24, 2.45) is 0 Å². The van der Waals surface area contributed by atoms with Crippen LogP contribution >= 0.6 is 0 Å². The highest BCUT2D eigenvalue weighted by molar-refractivity contribution is 5.71. The van der Waals surface area contributed by atoms with Crippen molar-refractivity contribution in [3.8, 4) is 0 Å². The number of carbonyl (C=O) groups is 1. The van der Waals surface area contributed by atoms with E-state index in [9.17, 15) is 4.79 Å². The van der Waals surface area contributed by atoms with Gasteiger partial charge in [-0.05, 0) is 18.9 Å². The van der Waals surface area contributed by atoms with Gasteiger partial charge in [0.1, 0.15) is 6.10 Å². The fraction of sp³-hybridized carbons (Fsp3) is 0.667. The van der Waals surface area contributed by atoms with Gasteiger partial charge >= 0.3 is 5.97 Å². The molecule has 0 aromatic carbocycles. The van der Waals surface area contributed by atoms with Crippen LogP contribution in [0.2, 0.25) is 0 Å². The molecule has 1 rings (SSSR count). The van der Waals surface area contributed by atoms with Crippen LogP contribution in [0.25, 0.3) is 0 Å². The molecule has 0 saturated carbocycles. The summed E-state index contributed by atoms with van der Waals surface area (Å²) in [4.78, 5) is 10.6. The van der Waals surface area contributed by atoms with E-state index in [0.717, 1.165) is 19.3 Å². The predicted octanol–water partition coefficient (Wildman–Crippen LogP) is 2.05. The molecule has 1 unspecified atom stereocenters. The van der Waals surface area contributed by atoms with Crippen LogP contribution in [0.4, 0.5) is 0 Å². The van der Waals surface area contributed by atoms with Crippen LogP contribution in [0.15, 0.2) is 12.2 Å². The smallest absolute Gasteiger partial charge is 0.306 e. The zero-order chi connectivity index (χ0) is 8.10. The van der Waals surface area contributed by atoms with Crippen LogP contribution in [0, 0.1) is 0 Å². The van der Waals surface area contributed by atoms with Crippen LogP contribution in [0.5, 0.6) is 0 Å². The maximum Gasteiger partial charge on any atom is 0.306 e.